The highest BCUT2D eigenvalue weighted by atomic mass is 127. The summed E-state index contributed by atoms with van der Waals surface area (Å²) in [5.41, 5.74) is -8.74. The second kappa shape index (κ2) is 16.1. The van der Waals surface area contributed by atoms with Crippen molar-refractivity contribution in [3.63, 3.8) is 0 Å². The van der Waals surface area contributed by atoms with Crippen molar-refractivity contribution >= 4 is 90.3 Å². The molecule has 0 saturated heterocycles. The zero-order chi connectivity index (χ0) is 38.0. The van der Waals surface area contributed by atoms with E-state index in [9.17, 15) is 20.2 Å². The lowest BCUT2D eigenvalue weighted by Gasteiger charge is -2.38. The number of hydrogen-bond donors (Lipinski definition) is 0. The monoisotopic (exact) mass is 958 g/mol. The van der Waals surface area contributed by atoms with Crippen molar-refractivity contribution in [2.45, 2.75) is 20.1 Å². The number of halogens is 8. The van der Waals surface area contributed by atoms with Crippen LogP contribution in [0.3, 0.4) is 0 Å². The molecule has 0 amide bonds. The van der Waals surface area contributed by atoms with Crippen molar-refractivity contribution in [2.24, 2.45) is 0 Å². The predicted molar refractivity (Wildman–Crippen MR) is 191 cm³/mol. The van der Waals surface area contributed by atoms with Crippen LogP contribution in [-0.2, 0) is 9.47 Å². The van der Waals surface area contributed by atoms with Gasteiger partial charge in [0.25, 0.3) is 0 Å². The minimum Gasteiger partial charge on any atom is -0.481 e. The Kier molecular flexibility index (Phi) is 12.0. The largest absolute Gasteiger partial charge is 0.481 e. The summed E-state index contributed by atoms with van der Waals surface area (Å²) in [4.78, 5) is 23.0. The topological polar surface area (TPSA) is 134 Å². The first-order valence-corrected chi connectivity index (χ1v) is 16.9. The van der Waals surface area contributed by atoms with E-state index in [0.717, 1.165) is 36.6 Å². The number of ether oxygens (including phenoxy) is 3. The lowest BCUT2D eigenvalue weighted by molar-refractivity contribution is -0.385. The summed E-state index contributed by atoms with van der Waals surface area (Å²) in [7, 11) is 0. The van der Waals surface area contributed by atoms with Crippen LogP contribution in [0.15, 0.2) is 59.2 Å². The van der Waals surface area contributed by atoms with Crippen LogP contribution in [0.1, 0.15) is 13.8 Å². The maximum Gasteiger partial charge on any atom is 0.340 e. The van der Waals surface area contributed by atoms with Gasteiger partial charge in [0.15, 0.2) is 40.9 Å². The molecule has 5 aromatic rings. The quantitative estimate of drug-likeness (QED) is 0.0348. The summed E-state index contributed by atoms with van der Waals surface area (Å²) in [5, 5.41) is 24.9. The molecule has 1 aromatic heterocycles. The van der Waals surface area contributed by atoms with Crippen molar-refractivity contribution in [3.8, 4) is 5.75 Å². The number of nitrogens with zero attached hydrogens (tertiary/aromatic N) is 4. The van der Waals surface area contributed by atoms with Gasteiger partial charge in [0.1, 0.15) is 18.2 Å². The van der Waals surface area contributed by atoms with Gasteiger partial charge >= 0.3 is 11.4 Å². The Balaban J connectivity index is 1.98. The molecule has 0 aliphatic rings. The van der Waals surface area contributed by atoms with E-state index in [2.05, 4.69) is 0 Å². The maximum absolute atomic E-state index is 16.4. The van der Waals surface area contributed by atoms with Gasteiger partial charge in [-0.25, -0.2) is 36.4 Å². The highest BCUT2D eigenvalue weighted by molar-refractivity contribution is 14.1. The number of benzene rings is 4. The molecule has 0 aliphatic heterocycles. The summed E-state index contributed by atoms with van der Waals surface area (Å²) in [6, 6.07) is 6.91. The van der Waals surface area contributed by atoms with Gasteiger partial charge in [-0.2, -0.15) is 0 Å². The fraction of sp³-hybridized carbons (Fsp3) is 0.188. The molecule has 0 N–H and O–H groups in total. The Morgan fingerprint density at radius 3 is 1.73 bits per heavy atom. The van der Waals surface area contributed by atoms with E-state index < -0.39 is 108 Å². The van der Waals surface area contributed by atoms with E-state index in [0.29, 0.717) is 6.07 Å². The van der Waals surface area contributed by atoms with Crippen molar-refractivity contribution in [3.05, 3.63) is 117 Å². The first kappa shape index (κ1) is 38.8. The molecule has 1 heterocycles. The molecule has 0 unspecified atom stereocenters. The highest BCUT2D eigenvalue weighted by Gasteiger charge is 2.43. The van der Waals surface area contributed by atoms with Crippen LogP contribution >= 0.6 is 45.2 Å². The average molecular weight is 958 g/mol. The summed E-state index contributed by atoms with van der Waals surface area (Å²) >= 11 is 3.35. The fourth-order valence-electron chi connectivity index (χ4n) is 5.16. The Morgan fingerprint density at radius 2 is 1.25 bits per heavy atom. The van der Waals surface area contributed by atoms with Crippen LogP contribution in [0.4, 0.5) is 60.5 Å². The van der Waals surface area contributed by atoms with E-state index in [-0.39, 0.29) is 30.4 Å². The molecule has 274 valence electrons. The highest BCUT2D eigenvalue weighted by Crippen LogP contribution is 2.51. The number of hydrazine groups is 1. The third kappa shape index (κ3) is 7.41. The number of nitro benzene ring substituents is 2. The van der Waals surface area contributed by atoms with Gasteiger partial charge in [0.2, 0.25) is 11.3 Å². The molecule has 4 aromatic carbocycles. The van der Waals surface area contributed by atoms with Gasteiger partial charge in [0.05, 0.1) is 32.9 Å². The summed E-state index contributed by atoms with van der Waals surface area (Å²) < 4.78 is 118. The lowest BCUT2D eigenvalue weighted by atomic mass is 10.1. The van der Waals surface area contributed by atoms with Gasteiger partial charge in [-0.15, -0.1) is 0 Å². The van der Waals surface area contributed by atoms with Gasteiger partial charge in [-0.05, 0) is 101 Å². The number of furan rings is 1. The van der Waals surface area contributed by atoms with E-state index >= 15 is 26.3 Å². The molecule has 0 saturated carbocycles. The lowest BCUT2D eigenvalue weighted by Crippen LogP contribution is -2.39. The zero-order valence-corrected chi connectivity index (χ0v) is 30.8. The van der Waals surface area contributed by atoms with E-state index in [1.54, 1.807) is 59.0 Å². The fourth-order valence-corrected chi connectivity index (χ4v) is 6.06. The molecular weight excluding hydrogens is 936 g/mol. The molecule has 0 fully saturated rings. The van der Waals surface area contributed by atoms with Crippen LogP contribution in [-0.4, -0.2) is 36.0 Å². The number of anilines is 4. The van der Waals surface area contributed by atoms with Crippen molar-refractivity contribution < 1.29 is 54.8 Å². The molecule has 20 heteroatoms. The molecule has 0 atom stereocenters. The van der Waals surface area contributed by atoms with Gasteiger partial charge in [0, 0.05) is 26.4 Å². The maximum atomic E-state index is 16.4. The van der Waals surface area contributed by atoms with E-state index in [1.807, 2.05) is 0 Å². The van der Waals surface area contributed by atoms with Crippen molar-refractivity contribution in [1.82, 2.24) is 0 Å². The molecule has 0 spiro atoms. The minimum absolute atomic E-state index is 0.0798. The van der Waals surface area contributed by atoms with Crippen LogP contribution in [0.25, 0.3) is 11.0 Å². The summed E-state index contributed by atoms with van der Waals surface area (Å²) in [5.74, 6) is -11.5. The van der Waals surface area contributed by atoms with Crippen LogP contribution in [0.2, 0.25) is 0 Å². The number of rotatable bonds is 14. The van der Waals surface area contributed by atoms with Crippen LogP contribution < -0.4 is 14.8 Å². The second-order valence-corrected chi connectivity index (χ2v) is 12.8. The van der Waals surface area contributed by atoms with Gasteiger partial charge in [-0.3, -0.25) is 20.2 Å². The number of fused-ring (bicyclic) bond motifs is 1. The Labute approximate surface area is 316 Å². The Bertz CT molecular complexity index is 2190. The predicted octanol–water partition coefficient (Wildman–Crippen LogP) is 9.96. The smallest absolute Gasteiger partial charge is 0.340 e. The molecule has 52 heavy (non-hydrogen) atoms. The van der Waals surface area contributed by atoms with E-state index in [1.165, 1.54) is 12.1 Å². The van der Waals surface area contributed by atoms with Crippen molar-refractivity contribution in [1.29, 1.82) is 0 Å². The van der Waals surface area contributed by atoms with Crippen LogP contribution in [0.5, 0.6) is 5.75 Å². The second-order valence-electron chi connectivity index (χ2n) is 10.3. The zero-order valence-electron chi connectivity index (χ0n) is 26.5. The Hall–Kier alpha value is -4.42. The molecule has 12 nitrogen and oxygen atoms in total. The molecule has 5 rings (SSSR count). The first-order chi connectivity index (χ1) is 24.7. The molecule has 0 radical (unpaired) electrons. The summed E-state index contributed by atoms with van der Waals surface area (Å²) in [6.07, 6.45) is -0.387. The molecule has 0 bridgehead atoms. The average Bonchev–Trinajstić information content (AvgIpc) is 3.56. The van der Waals surface area contributed by atoms with Gasteiger partial charge < -0.3 is 18.6 Å². The normalized spacial score (nSPS) is 11.4. The summed E-state index contributed by atoms with van der Waals surface area (Å²) in [6.45, 7) is 2.71. The number of hydrogen-bond acceptors (Lipinski definition) is 10. The third-order valence-electron chi connectivity index (χ3n) is 7.22. The third-order valence-corrected chi connectivity index (χ3v) is 8.56. The van der Waals surface area contributed by atoms with E-state index in [4.69, 9.17) is 18.6 Å². The Morgan fingerprint density at radius 1 is 0.731 bits per heavy atom. The SMILES string of the molecule is CCOC(COc1cc(F)c(F)c(N(c2ccc(I)cc2F)N(c2ccc(I)cc2F)c2c(F)c(F)c3ccoc3c2[N+](=O)[O-])c1[N+](=O)[O-])OCC. The number of nitro groups is 2. The standard InChI is InChI=1S/C32H22F6I2N4O8/c1-3-49-24(50-4-2)14-52-23-13-20(35)26(37)29(28(23)43(45)46)41(21-7-5-15(39)11-18(21)33)42(22-8-6-16(40)12-19(22)34)30-27(38)25(36)17-9-10-51-32(17)31(30)44(47)48/h5-13,24H,3-4,14H2,1-2H3. The minimum atomic E-state index is -2.10. The molecular formula is C32H22F6I2N4O8. The first-order valence-electron chi connectivity index (χ1n) is 14.8. The van der Waals surface area contributed by atoms with Crippen LogP contribution in [0, 0.1) is 62.3 Å². The van der Waals surface area contributed by atoms with Gasteiger partial charge in [-0.1, -0.05) is 0 Å². The molecule has 0 aliphatic carbocycles. The van der Waals surface area contributed by atoms with Crippen molar-refractivity contribution in [2.75, 3.05) is 29.8 Å².